The summed E-state index contributed by atoms with van der Waals surface area (Å²) in [6.45, 7) is 4.01. The van der Waals surface area contributed by atoms with Crippen molar-refractivity contribution < 1.29 is 14.4 Å². The van der Waals surface area contributed by atoms with Gasteiger partial charge in [-0.2, -0.15) is 0 Å². The van der Waals surface area contributed by atoms with Crippen molar-refractivity contribution in [2.45, 2.75) is 36.3 Å². The largest absolute Gasteiger partial charge is 0.322 e. The molecule has 1 saturated carbocycles. The van der Waals surface area contributed by atoms with Crippen LogP contribution in [0.15, 0.2) is 42.5 Å². The Morgan fingerprint density at radius 1 is 0.933 bits per heavy atom. The Morgan fingerprint density at radius 2 is 1.57 bits per heavy atom. The minimum atomic E-state index is -0.316. The number of amides is 3. The Balaban J connectivity index is 1.57. The molecule has 0 spiro atoms. The van der Waals surface area contributed by atoms with E-state index in [1.807, 2.05) is 32.0 Å². The van der Waals surface area contributed by atoms with E-state index in [1.54, 1.807) is 24.3 Å². The average molecular weight is 534 g/mol. The van der Waals surface area contributed by atoms with Gasteiger partial charge < -0.3 is 5.32 Å². The van der Waals surface area contributed by atoms with Crippen LogP contribution in [0.2, 0.25) is 0 Å². The fourth-order valence-electron chi connectivity index (χ4n) is 4.16. The zero-order valence-corrected chi connectivity index (χ0v) is 19.9. The summed E-state index contributed by atoms with van der Waals surface area (Å²) in [5.41, 5.74) is 3.80. The van der Waals surface area contributed by atoms with Crippen LogP contribution in [0.5, 0.6) is 0 Å². The first-order valence-corrected chi connectivity index (χ1v) is 11.7. The van der Waals surface area contributed by atoms with Crippen molar-refractivity contribution in [2.24, 2.45) is 11.8 Å². The van der Waals surface area contributed by atoms with Gasteiger partial charge in [-0.25, -0.2) is 0 Å². The lowest BCUT2D eigenvalue weighted by Crippen LogP contribution is -2.34. The molecular formula is C23H22Br2N2O3. The second kappa shape index (κ2) is 8.27. The third-order valence-electron chi connectivity index (χ3n) is 6.04. The van der Waals surface area contributed by atoms with Crippen molar-refractivity contribution >= 4 is 61.0 Å². The summed E-state index contributed by atoms with van der Waals surface area (Å²) in [7, 11) is 0. The number of rotatable bonds is 3. The van der Waals surface area contributed by atoms with E-state index in [2.05, 4.69) is 37.2 Å². The highest BCUT2D eigenvalue weighted by molar-refractivity contribution is 9.12. The molecule has 0 bridgehead atoms. The molecule has 2 aromatic rings. The van der Waals surface area contributed by atoms with Gasteiger partial charge in [-0.3, -0.25) is 19.3 Å². The smallest absolute Gasteiger partial charge is 0.255 e. The van der Waals surface area contributed by atoms with Crippen LogP contribution in [0.4, 0.5) is 11.4 Å². The van der Waals surface area contributed by atoms with Gasteiger partial charge in [-0.15, -0.1) is 0 Å². The number of aryl methyl sites for hydroxylation is 2. The molecule has 2 fully saturated rings. The van der Waals surface area contributed by atoms with Crippen LogP contribution in [0.1, 0.15) is 34.3 Å². The fourth-order valence-corrected chi connectivity index (χ4v) is 5.40. The lowest BCUT2D eigenvalue weighted by molar-refractivity contribution is -0.122. The summed E-state index contributed by atoms with van der Waals surface area (Å²) >= 11 is 7.21. The average Bonchev–Trinajstić information content (AvgIpc) is 2.95. The Bertz CT molecular complexity index is 1010. The van der Waals surface area contributed by atoms with Gasteiger partial charge in [0.15, 0.2) is 0 Å². The van der Waals surface area contributed by atoms with E-state index in [0.717, 1.165) is 11.1 Å². The summed E-state index contributed by atoms with van der Waals surface area (Å²) in [5.74, 6) is -1.27. The number of imide groups is 1. The number of hydrogen-bond donors (Lipinski definition) is 1. The van der Waals surface area contributed by atoms with Gasteiger partial charge in [0.25, 0.3) is 5.91 Å². The third kappa shape index (κ3) is 3.85. The Kier molecular flexibility index (Phi) is 5.86. The number of nitrogens with zero attached hydrogens (tertiary/aromatic N) is 1. The molecule has 156 valence electrons. The maximum absolute atomic E-state index is 13.0. The van der Waals surface area contributed by atoms with E-state index in [-0.39, 0.29) is 39.2 Å². The Labute approximate surface area is 192 Å². The van der Waals surface area contributed by atoms with Crippen LogP contribution in [0.3, 0.4) is 0 Å². The topological polar surface area (TPSA) is 66.5 Å². The van der Waals surface area contributed by atoms with Crippen LogP contribution in [0, 0.1) is 25.7 Å². The molecule has 0 aromatic heterocycles. The normalized spacial score (nSPS) is 25.9. The third-order valence-corrected chi connectivity index (χ3v) is 8.78. The van der Waals surface area contributed by atoms with E-state index < -0.39 is 0 Å². The highest BCUT2D eigenvalue weighted by Gasteiger charge is 2.52. The molecule has 1 heterocycles. The first-order chi connectivity index (χ1) is 14.3. The van der Waals surface area contributed by atoms with Crippen molar-refractivity contribution in [3.63, 3.8) is 0 Å². The lowest BCUT2D eigenvalue weighted by Gasteiger charge is -2.29. The molecule has 2 aromatic carbocycles. The van der Waals surface area contributed by atoms with Crippen LogP contribution >= 0.6 is 31.9 Å². The quantitative estimate of drug-likeness (QED) is 0.447. The monoisotopic (exact) mass is 532 g/mol. The Hall–Kier alpha value is -1.99. The van der Waals surface area contributed by atoms with Gasteiger partial charge in [-0.05, 0) is 68.1 Å². The maximum Gasteiger partial charge on any atom is 0.255 e. The summed E-state index contributed by atoms with van der Waals surface area (Å²) < 4.78 is 0. The molecule has 1 aliphatic carbocycles. The molecule has 4 atom stereocenters. The number of nitrogens with one attached hydrogen (secondary N) is 1. The van der Waals surface area contributed by atoms with Crippen molar-refractivity contribution in [3.8, 4) is 0 Å². The number of alkyl halides is 2. The number of hydrogen-bond acceptors (Lipinski definition) is 3. The number of anilines is 2. The van der Waals surface area contributed by atoms with E-state index >= 15 is 0 Å². The minimum Gasteiger partial charge on any atom is -0.322 e. The first kappa shape index (κ1) is 21.2. The summed E-state index contributed by atoms with van der Waals surface area (Å²) in [4.78, 5) is 40.4. The van der Waals surface area contributed by atoms with Gasteiger partial charge in [-0.1, -0.05) is 44.0 Å². The molecule has 0 unspecified atom stereocenters. The molecule has 2 aliphatic rings. The van der Waals surface area contributed by atoms with Crippen molar-refractivity contribution in [3.05, 3.63) is 59.2 Å². The van der Waals surface area contributed by atoms with Gasteiger partial charge in [0, 0.05) is 20.9 Å². The van der Waals surface area contributed by atoms with Crippen LogP contribution in [0.25, 0.3) is 0 Å². The lowest BCUT2D eigenvalue weighted by atomic mass is 9.81. The number of halogens is 2. The van der Waals surface area contributed by atoms with Gasteiger partial charge in [0.1, 0.15) is 0 Å². The molecule has 5 nitrogen and oxygen atoms in total. The summed E-state index contributed by atoms with van der Waals surface area (Å²) in [6.07, 6.45) is 1.24. The van der Waals surface area contributed by atoms with Gasteiger partial charge >= 0.3 is 0 Å². The zero-order valence-electron chi connectivity index (χ0n) is 16.7. The number of carbonyl (C=O) groups is 3. The summed E-state index contributed by atoms with van der Waals surface area (Å²) in [6, 6.07) is 12.4. The second-order valence-corrected chi connectivity index (χ2v) is 10.4. The SMILES string of the molecule is Cc1ccc(NC(=O)c2cccc(N3C(=O)[C@@H]4C[C@H](Br)[C@@H](Br)C[C@H]4C3=O)c2)cc1C. The molecule has 30 heavy (non-hydrogen) atoms. The van der Waals surface area contributed by atoms with Crippen molar-refractivity contribution in [2.75, 3.05) is 10.2 Å². The highest BCUT2D eigenvalue weighted by Crippen LogP contribution is 2.44. The van der Waals surface area contributed by atoms with E-state index in [9.17, 15) is 14.4 Å². The molecule has 1 saturated heterocycles. The van der Waals surface area contributed by atoms with Crippen LogP contribution in [-0.2, 0) is 9.59 Å². The first-order valence-electron chi connectivity index (χ1n) is 9.91. The molecule has 1 aliphatic heterocycles. The Morgan fingerprint density at radius 3 is 2.17 bits per heavy atom. The summed E-state index contributed by atoms with van der Waals surface area (Å²) in [5, 5.41) is 2.89. The predicted octanol–water partition coefficient (Wildman–Crippen LogP) is 4.98. The molecule has 7 heteroatoms. The van der Waals surface area contributed by atoms with Gasteiger partial charge in [0.2, 0.25) is 11.8 Å². The molecular weight excluding hydrogens is 512 g/mol. The number of benzene rings is 2. The molecule has 4 rings (SSSR count). The molecule has 3 amide bonds. The van der Waals surface area contributed by atoms with E-state index in [0.29, 0.717) is 29.8 Å². The highest BCUT2D eigenvalue weighted by atomic mass is 79.9. The van der Waals surface area contributed by atoms with E-state index in [4.69, 9.17) is 0 Å². The van der Waals surface area contributed by atoms with Crippen molar-refractivity contribution in [1.82, 2.24) is 0 Å². The standard InChI is InChI=1S/C23H22Br2N2O3/c1-12-6-7-15(8-13(12)2)26-21(28)14-4-3-5-16(9-14)27-22(29)17-10-19(24)20(25)11-18(17)23(27)30/h3-9,17-20H,10-11H2,1-2H3,(H,26,28)/t17-,18-,19+,20+/m1/s1. The predicted molar refractivity (Wildman–Crippen MR) is 124 cm³/mol. The van der Waals surface area contributed by atoms with Gasteiger partial charge in [0.05, 0.1) is 17.5 Å². The van der Waals surface area contributed by atoms with E-state index in [1.165, 1.54) is 4.90 Å². The minimum absolute atomic E-state index is 0.158. The number of fused-ring (bicyclic) bond motifs is 1. The van der Waals surface area contributed by atoms with Crippen LogP contribution in [-0.4, -0.2) is 27.4 Å². The second-order valence-electron chi connectivity index (χ2n) is 8.03. The van der Waals surface area contributed by atoms with Crippen molar-refractivity contribution in [1.29, 1.82) is 0 Å². The zero-order chi connectivity index (χ0) is 21.6. The molecule has 1 N–H and O–H groups in total. The number of carbonyl (C=O) groups excluding carboxylic acids is 3. The fraction of sp³-hybridized carbons (Fsp3) is 0.348. The molecule has 0 radical (unpaired) electrons. The maximum atomic E-state index is 13.0. The van der Waals surface area contributed by atoms with Crippen LogP contribution < -0.4 is 10.2 Å².